The van der Waals surface area contributed by atoms with Crippen LogP contribution in [0.25, 0.3) is 0 Å². The van der Waals surface area contributed by atoms with Gasteiger partial charge in [-0.15, -0.1) is 11.3 Å². The summed E-state index contributed by atoms with van der Waals surface area (Å²) in [5.74, 6) is -0.542. The third-order valence-electron chi connectivity index (χ3n) is 2.70. The van der Waals surface area contributed by atoms with Crippen molar-refractivity contribution >= 4 is 28.7 Å². The summed E-state index contributed by atoms with van der Waals surface area (Å²) in [6, 6.07) is 0.831. The number of nitro groups is 1. The number of hydrogen-bond donors (Lipinski definition) is 2. The fourth-order valence-electron chi connectivity index (χ4n) is 1.70. The van der Waals surface area contributed by atoms with Crippen LogP contribution in [0.1, 0.15) is 34.0 Å². The molecule has 2 aromatic heterocycles. The number of pyridine rings is 1. The summed E-state index contributed by atoms with van der Waals surface area (Å²) in [5, 5.41) is 16.2. The van der Waals surface area contributed by atoms with Gasteiger partial charge in [0, 0.05) is 11.1 Å². The third-order valence-corrected chi connectivity index (χ3v) is 3.85. The molecule has 0 aromatic carbocycles. The van der Waals surface area contributed by atoms with Crippen molar-refractivity contribution in [1.29, 1.82) is 0 Å². The zero-order valence-electron chi connectivity index (χ0n) is 11.4. The first kappa shape index (κ1) is 14.9. The average molecular weight is 307 g/mol. The van der Waals surface area contributed by atoms with Crippen molar-refractivity contribution in [3.8, 4) is 0 Å². The van der Waals surface area contributed by atoms with Gasteiger partial charge in [-0.25, -0.2) is 9.97 Å². The lowest BCUT2D eigenvalue weighted by Gasteiger charge is -2.11. The Morgan fingerprint density at radius 3 is 2.86 bits per heavy atom. The van der Waals surface area contributed by atoms with Gasteiger partial charge in [0.2, 0.25) is 0 Å². The number of rotatable bonds is 4. The van der Waals surface area contributed by atoms with Gasteiger partial charge in [-0.1, -0.05) is 0 Å². The quantitative estimate of drug-likeness (QED) is 0.656. The van der Waals surface area contributed by atoms with E-state index in [1.807, 2.05) is 12.3 Å². The molecule has 8 nitrogen and oxygen atoms in total. The van der Waals surface area contributed by atoms with Gasteiger partial charge in [-0.2, -0.15) is 0 Å². The molecule has 0 aliphatic carbocycles. The normalized spacial score (nSPS) is 11.9. The molecule has 0 aliphatic rings. The van der Waals surface area contributed by atoms with E-state index in [2.05, 4.69) is 15.3 Å². The first-order valence-electron chi connectivity index (χ1n) is 6.01. The number of amides is 1. The van der Waals surface area contributed by atoms with Crippen LogP contribution in [0.3, 0.4) is 0 Å². The van der Waals surface area contributed by atoms with Gasteiger partial charge in [-0.05, 0) is 19.9 Å². The molecule has 2 heterocycles. The lowest BCUT2D eigenvalue weighted by Crippen LogP contribution is -2.27. The maximum Gasteiger partial charge on any atom is 0.300 e. The number of nitrogens with zero attached hydrogens (tertiary/aromatic N) is 3. The first-order valence-corrected chi connectivity index (χ1v) is 6.89. The molecule has 0 radical (unpaired) electrons. The number of nitrogens with two attached hydrogens (primary N) is 1. The molecule has 3 N–H and O–H groups in total. The lowest BCUT2D eigenvalue weighted by atomic mass is 10.2. The van der Waals surface area contributed by atoms with E-state index < -0.39 is 10.8 Å². The van der Waals surface area contributed by atoms with Gasteiger partial charge in [0.25, 0.3) is 11.6 Å². The summed E-state index contributed by atoms with van der Waals surface area (Å²) in [4.78, 5) is 30.3. The number of aromatic nitrogens is 2. The summed E-state index contributed by atoms with van der Waals surface area (Å²) in [7, 11) is 0. The van der Waals surface area contributed by atoms with Crippen molar-refractivity contribution in [2.45, 2.75) is 19.9 Å². The van der Waals surface area contributed by atoms with E-state index in [4.69, 9.17) is 5.73 Å². The zero-order chi connectivity index (χ0) is 15.6. The maximum absolute atomic E-state index is 12.2. The number of carbonyl (C=O) groups excluding carboxylic acids is 1. The number of anilines is 1. The van der Waals surface area contributed by atoms with E-state index in [9.17, 15) is 14.9 Å². The smallest absolute Gasteiger partial charge is 0.300 e. The number of nitrogen functional groups attached to an aromatic ring is 1. The van der Waals surface area contributed by atoms with Crippen molar-refractivity contribution in [3.05, 3.63) is 44.0 Å². The van der Waals surface area contributed by atoms with E-state index in [1.165, 1.54) is 17.4 Å². The molecule has 9 heteroatoms. The van der Waals surface area contributed by atoms with E-state index in [1.54, 1.807) is 6.92 Å². The lowest BCUT2D eigenvalue weighted by molar-refractivity contribution is -0.385. The summed E-state index contributed by atoms with van der Waals surface area (Å²) >= 11 is 1.41. The molecule has 1 amide bonds. The fraction of sp³-hybridized carbons (Fsp3) is 0.250. The van der Waals surface area contributed by atoms with Crippen LogP contribution in [-0.2, 0) is 0 Å². The predicted octanol–water partition coefficient (Wildman–Crippen LogP) is 1.83. The van der Waals surface area contributed by atoms with Crippen LogP contribution in [0.4, 0.5) is 11.5 Å². The second kappa shape index (κ2) is 5.83. The monoisotopic (exact) mass is 307 g/mol. The number of carbonyl (C=O) groups is 1. The Labute approximate surface area is 124 Å². The van der Waals surface area contributed by atoms with E-state index in [0.717, 1.165) is 16.9 Å². The Balaban J connectivity index is 2.24. The SMILES string of the molecule is Cc1csc(C(C)NC(=O)c2cc(N)ncc2[N+](=O)[O-])n1. The van der Waals surface area contributed by atoms with Crippen LogP contribution in [0, 0.1) is 17.0 Å². The number of nitrogens with one attached hydrogen (secondary N) is 1. The highest BCUT2D eigenvalue weighted by atomic mass is 32.1. The summed E-state index contributed by atoms with van der Waals surface area (Å²) in [6.45, 7) is 3.61. The maximum atomic E-state index is 12.2. The van der Waals surface area contributed by atoms with Gasteiger partial charge in [0.05, 0.1) is 11.0 Å². The minimum Gasteiger partial charge on any atom is -0.384 e. The van der Waals surface area contributed by atoms with E-state index in [0.29, 0.717) is 0 Å². The zero-order valence-corrected chi connectivity index (χ0v) is 12.2. The Hall–Kier alpha value is -2.55. The molecule has 21 heavy (non-hydrogen) atoms. The minimum absolute atomic E-state index is 0.0449. The summed E-state index contributed by atoms with van der Waals surface area (Å²) in [5.41, 5.74) is 5.84. The van der Waals surface area contributed by atoms with Crippen LogP contribution < -0.4 is 11.1 Å². The Bertz CT molecular complexity index is 700. The second-order valence-corrected chi connectivity index (χ2v) is 5.30. The number of thiazole rings is 1. The van der Waals surface area contributed by atoms with Gasteiger partial charge >= 0.3 is 0 Å². The van der Waals surface area contributed by atoms with Crippen molar-refractivity contribution in [2.75, 3.05) is 5.73 Å². The Morgan fingerprint density at radius 1 is 1.57 bits per heavy atom. The van der Waals surface area contributed by atoms with Crippen molar-refractivity contribution in [1.82, 2.24) is 15.3 Å². The van der Waals surface area contributed by atoms with E-state index in [-0.39, 0.29) is 23.1 Å². The molecule has 110 valence electrons. The van der Waals surface area contributed by atoms with Crippen LogP contribution in [-0.4, -0.2) is 20.8 Å². The molecule has 0 fully saturated rings. The van der Waals surface area contributed by atoms with Crippen LogP contribution in [0.5, 0.6) is 0 Å². The molecule has 0 saturated heterocycles. The molecule has 0 aliphatic heterocycles. The molecule has 1 unspecified atom stereocenters. The predicted molar refractivity (Wildman–Crippen MR) is 78.0 cm³/mol. The molecule has 0 bridgehead atoms. The largest absolute Gasteiger partial charge is 0.384 e. The molecule has 0 saturated carbocycles. The summed E-state index contributed by atoms with van der Waals surface area (Å²) in [6.07, 6.45) is 0.975. The third kappa shape index (κ3) is 3.31. The Kier molecular flexibility index (Phi) is 4.13. The molecular formula is C12H13N5O3S. The first-order chi connectivity index (χ1) is 9.88. The average Bonchev–Trinajstić information content (AvgIpc) is 2.85. The van der Waals surface area contributed by atoms with Gasteiger partial charge in [0.1, 0.15) is 22.6 Å². The van der Waals surface area contributed by atoms with Gasteiger partial charge < -0.3 is 11.1 Å². The number of hydrogen-bond acceptors (Lipinski definition) is 7. The molecule has 2 rings (SSSR count). The van der Waals surface area contributed by atoms with Crippen LogP contribution >= 0.6 is 11.3 Å². The van der Waals surface area contributed by atoms with Crippen molar-refractivity contribution in [2.24, 2.45) is 0 Å². The van der Waals surface area contributed by atoms with Crippen molar-refractivity contribution < 1.29 is 9.72 Å². The van der Waals surface area contributed by atoms with Gasteiger partial charge in [-0.3, -0.25) is 14.9 Å². The highest BCUT2D eigenvalue weighted by Gasteiger charge is 2.23. The topological polar surface area (TPSA) is 124 Å². The summed E-state index contributed by atoms with van der Waals surface area (Å²) < 4.78 is 0. The van der Waals surface area contributed by atoms with Crippen LogP contribution in [0.2, 0.25) is 0 Å². The highest BCUT2D eigenvalue weighted by molar-refractivity contribution is 7.09. The molecule has 2 aromatic rings. The Morgan fingerprint density at radius 2 is 2.29 bits per heavy atom. The molecule has 1 atom stereocenters. The minimum atomic E-state index is -0.667. The van der Waals surface area contributed by atoms with E-state index >= 15 is 0 Å². The fourth-order valence-corrected chi connectivity index (χ4v) is 2.50. The molecular weight excluding hydrogens is 294 g/mol. The standard InChI is InChI=1S/C12H13N5O3S/c1-6-5-21-12(15-6)7(2)16-11(18)8-3-10(13)14-4-9(8)17(19)20/h3-5,7H,1-2H3,(H2,13,14)(H,16,18). The highest BCUT2D eigenvalue weighted by Crippen LogP contribution is 2.22. The van der Waals surface area contributed by atoms with Crippen LogP contribution in [0.15, 0.2) is 17.6 Å². The van der Waals surface area contributed by atoms with Gasteiger partial charge in [0.15, 0.2) is 0 Å². The molecule has 0 spiro atoms. The number of aryl methyl sites for hydroxylation is 1. The second-order valence-electron chi connectivity index (χ2n) is 4.41. The van der Waals surface area contributed by atoms with Crippen molar-refractivity contribution in [3.63, 3.8) is 0 Å².